The Balaban J connectivity index is 3.36. The minimum Gasteiger partial charge on any atom is -0.478 e. The molecule has 12 heavy (non-hydrogen) atoms. The molecule has 0 aliphatic carbocycles. The van der Waals surface area contributed by atoms with Crippen molar-refractivity contribution in [3.05, 3.63) is 28.0 Å². The lowest BCUT2D eigenvalue weighted by atomic mass is 10.2. The fourth-order valence-electron chi connectivity index (χ4n) is 0.753. The average molecular weight is 234 g/mol. The van der Waals surface area contributed by atoms with E-state index in [1.165, 1.54) is 0 Å². The molecule has 0 radical (unpaired) electrons. The topological polar surface area (TPSA) is 63.3 Å². The van der Waals surface area contributed by atoms with Crippen LogP contribution in [0.1, 0.15) is 10.4 Å². The zero-order valence-corrected chi connectivity index (χ0v) is 7.43. The van der Waals surface area contributed by atoms with E-state index in [1.807, 2.05) is 0 Å². The molecule has 0 unspecified atom stereocenters. The van der Waals surface area contributed by atoms with Gasteiger partial charge in [0, 0.05) is 0 Å². The molecule has 1 rings (SSSR count). The summed E-state index contributed by atoms with van der Waals surface area (Å²) in [5.41, 5.74) is 5.11. The number of nitrogens with two attached hydrogens (primary N) is 1. The standard InChI is InChI=1S/C7H5BrFNO2/c8-5-4(9)2-1-3(6(5)10)7(11)12/h1-2H,10H2,(H,11,12). The SMILES string of the molecule is Nc1c(C(=O)O)ccc(F)c1Br. The van der Waals surface area contributed by atoms with Gasteiger partial charge in [0.05, 0.1) is 15.7 Å². The number of nitrogen functional groups attached to an aromatic ring is 1. The van der Waals surface area contributed by atoms with Gasteiger partial charge in [0.2, 0.25) is 0 Å². The maximum atomic E-state index is 12.7. The van der Waals surface area contributed by atoms with Crippen LogP contribution in [0.4, 0.5) is 10.1 Å². The second kappa shape index (κ2) is 3.10. The van der Waals surface area contributed by atoms with Crippen LogP contribution in [0.25, 0.3) is 0 Å². The van der Waals surface area contributed by atoms with Gasteiger partial charge in [0.15, 0.2) is 0 Å². The number of carboxylic acid groups (broad SMARTS) is 1. The lowest BCUT2D eigenvalue weighted by molar-refractivity contribution is 0.0698. The number of hydrogen-bond donors (Lipinski definition) is 2. The molecular weight excluding hydrogens is 229 g/mol. The number of rotatable bonds is 1. The van der Waals surface area contributed by atoms with E-state index in [2.05, 4.69) is 15.9 Å². The maximum Gasteiger partial charge on any atom is 0.337 e. The van der Waals surface area contributed by atoms with Crippen molar-refractivity contribution in [1.29, 1.82) is 0 Å². The van der Waals surface area contributed by atoms with Gasteiger partial charge in [-0.15, -0.1) is 0 Å². The molecule has 0 saturated carbocycles. The first-order valence-electron chi connectivity index (χ1n) is 3.01. The van der Waals surface area contributed by atoms with Crippen molar-refractivity contribution in [3.63, 3.8) is 0 Å². The first-order chi connectivity index (χ1) is 5.54. The largest absolute Gasteiger partial charge is 0.478 e. The summed E-state index contributed by atoms with van der Waals surface area (Å²) in [4.78, 5) is 10.5. The number of aromatic carboxylic acids is 1. The molecule has 0 aliphatic heterocycles. The molecule has 0 spiro atoms. The van der Waals surface area contributed by atoms with Crippen molar-refractivity contribution in [2.75, 3.05) is 5.73 Å². The number of carboxylic acids is 1. The average Bonchev–Trinajstić information content (AvgIpc) is 2.00. The van der Waals surface area contributed by atoms with Crippen LogP contribution in [0, 0.1) is 5.82 Å². The van der Waals surface area contributed by atoms with E-state index in [4.69, 9.17) is 10.8 Å². The molecule has 64 valence electrons. The summed E-state index contributed by atoms with van der Waals surface area (Å²) in [5.74, 6) is -1.74. The number of benzene rings is 1. The van der Waals surface area contributed by atoms with Gasteiger partial charge >= 0.3 is 5.97 Å². The quantitative estimate of drug-likeness (QED) is 0.729. The van der Waals surface area contributed by atoms with Crippen LogP contribution in [0.2, 0.25) is 0 Å². The van der Waals surface area contributed by atoms with E-state index in [0.717, 1.165) is 12.1 Å². The minimum absolute atomic E-state index is 0.0117. The van der Waals surface area contributed by atoms with E-state index in [0.29, 0.717) is 0 Å². The Kier molecular flexibility index (Phi) is 2.32. The zero-order chi connectivity index (χ0) is 9.30. The Morgan fingerprint density at radius 1 is 1.58 bits per heavy atom. The van der Waals surface area contributed by atoms with Crippen molar-refractivity contribution in [2.24, 2.45) is 0 Å². The summed E-state index contributed by atoms with van der Waals surface area (Å²) in [6, 6.07) is 2.17. The maximum absolute atomic E-state index is 12.7. The first kappa shape index (κ1) is 8.99. The highest BCUT2D eigenvalue weighted by Crippen LogP contribution is 2.26. The van der Waals surface area contributed by atoms with Gasteiger partial charge in [-0.2, -0.15) is 0 Å². The smallest absolute Gasteiger partial charge is 0.337 e. The second-order valence-corrected chi connectivity index (χ2v) is 2.92. The molecule has 0 heterocycles. The number of hydrogen-bond acceptors (Lipinski definition) is 2. The lowest BCUT2D eigenvalue weighted by Gasteiger charge is -2.02. The molecule has 0 atom stereocenters. The number of carbonyl (C=O) groups is 1. The van der Waals surface area contributed by atoms with Gasteiger partial charge in [0.25, 0.3) is 0 Å². The van der Waals surface area contributed by atoms with Crippen molar-refractivity contribution in [3.8, 4) is 0 Å². The molecule has 0 fully saturated rings. The zero-order valence-electron chi connectivity index (χ0n) is 5.84. The van der Waals surface area contributed by atoms with E-state index >= 15 is 0 Å². The minimum atomic E-state index is -1.17. The Hall–Kier alpha value is -1.10. The fourth-order valence-corrected chi connectivity index (χ4v) is 1.10. The highest BCUT2D eigenvalue weighted by atomic mass is 79.9. The molecule has 5 heteroatoms. The summed E-state index contributed by atoms with van der Waals surface area (Å²) in [7, 11) is 0. The summed E-state index contributed by atoms with van der Waals surface area (Å²) < 4.78 is 12.7. The monoisotopic (exact) mass is 233 g/mol. The summed E-state index contributed by atoms with van der Waals surface area (Å²) in [6.45, 7) is 0. The summed E-state index contributed by atoms with van der Waals surface area (Å²) >= 11 is 2.83. The van der Waals surface area contributed by atoms with Crippen LogP contribution in [-0.2, 0) is 0 Å². The van der Waals surface area contributed by atoms with Crippen molar-refractivity contribution in [1.82, 2.24) is 0 Å². The van der Waals surface area contributed by atoms with Gasteiger partial charge in [-0.25, -0.2) is 9.18 Å². The first-order valence-corrected chi connectivity index (χ1v) is 3.80. The van der Waals surface area contributed by atoms with Crippen LogP contribution >= 0.6 is 15.9 Å². The predicted molar refractivity (Wildman–Crippen MR) is 45.5 cm³/mol. The summed E-state index contributed by atoms with van der Waals surface area (Å²) in [6.07, 6.45) is 0. The Morgan fingerprint density at radius 2 is 2.17 bits per heavy atom. The van der Waals surface area contributed by atoms with Crippen molar-refractivity contribution < 1.29 is 14.3 Å². The third-order valence-corrected chi connectivity index (χ3v) is 2.17. The van der Waals surface area contributed by atoms with Crippen LogP contribution in [-0.4, -0.2) is 11.1 Å². The van der Waals surface area contributed by atoms with Crippen molar-refractivity contribution >= 4 is 27.6 Å². The molecule has 0 saturated heterocycles. The van der Waals surface area contributed by atoms with Gasteiger partial charge in [0.1, 0.15) is 5.82 Å². The molecule has 0 amide bonds. The van der Waals surface area contributed by atoms with E-state index in [9.17, 15) is 9.18 Å². The van der Waals surface area contributed by atoms with Crippen LogP contribution in [0.3, 0.4) is 0 Å². The van der Waals surface area contributed by atoms with E-state index < -0.39 is 11.8 Å². The van der Waals surface area contributed by atoms with Crippen LogP contribution in [0.5, 0.6) is 0 Å². The van der Waals surface area contributed by atoms with Crippen molar-refractivity contribution in [2.45, 2.75) is 0 Å². The number of halogens is 2. The van der Waals surface area contributed by atoms with Gasteiger partial charge < -0.3 is 10.8 Å². The molecule has 0 aromatic heterocycles. The molecule has 1 aromatic rings. The fraction of sp³-hybridized carbons (Fsp3) is 0. The normalized spacial score (nSPS) is 9.83. The molecule has 0 bridgehead atoms. The molecule has 1 aromatic carbocycles. The third kappa shape index (κ3) is 1.40. The van der Waals surface area contributed by atoms with Gasteiger partial charge in [-0.1, -0.05) is 0 Å². The van der Waals surface area contributed by atoms with Crippen LogP contribution < -0.4 is 5.73 Å². The lowest BCUT2D eigenvalue weighted by Crippen LogP contribution is -2.03. The predicted octanol–water partition coefficient (Wildman–Crippen LogP) is 1.87. The van der Waals surface area contributed by atoms with Gasteiger partial charge in [-0.05, 0) is 28.1 Å². The van der Waals surface area contributed by atoms with Crippen LogP contribution in [0.15, 0.2) is 16.6 Å². The summed E-state index contributed by atoms with van der Waals surface area (Å²) in [5, 5.41) is 8.56. The highest BCUT2D eigenvalue weighted by Gasteiger charge is 2.12. The Labute approximate surface area is 76.1 Å². The second-order valence-electron chi connectivity index (χ2n) is 2.13. The Bertz CT molecular complexity index is 340. The Morgan fingerprint density at radius 3 is 2.67 bits per heavy atom. The molecule has 3 N–H and O–H groups in total. The molecular formula is C7H5BrFNO2. The molecule has 3 nitrogen and oxygen atoms in total. The van der Waals surface area contributed by atoms with E-state index in [-0.39, 0.29) is 15.7 Å². The highest BCUT2D eigenvalue weighted by molar-refractivity contribution is 9.10. The van der Waals surface area contributed by atoms with Gasteiger partial charge in [-0.3, -0.25) is 0 Å². The molecule has 0 aliphatic rings. The third-order valence-electron chi connectivity index (χ3n) is 1.36. The van der Waals surface area contributed by atoms with E-state index in [1.54, 1.807) is 0 Å². The number of anilines is 1.